The van der Waals surface area contributed by atoms with Crippen molar-refractivity contribution in [1.29, 1.82) is 0 Å². The maximum absolute atomic E-state index is 9.62. The minimum absolute atomic E-state index is 0.0972. The van der Waals surface area contributed by atoms with E-state index in [1.807, 2.05) is 0 Å². The summed E-state index contributed by atoms with van der Waals surface area (Å²) in [5.41, 5.74) is 4.78. The van der Waals surface area contributed by atoms with Crippen LogP contribution in [0, 0.1) is 0 Å². The molecule has 0 aromatic heterocycles. The van der Waals surface area contributed by atoms with Crippen LogP contribution in [-0.2, 0) is 4.79 Å². The molecule has 0 heterocycles. The number of aliphatic hydroxyl groups excluding tert-OH is 1. The standard InChI is InChI=1S/C2HCl3O2.C2H7NO/c3-2(4,5)1(6)7;3-1-2-4/h(H,6,7);4H,1-3H2. The lowest BCUT2D eigenvalue weighted by Gasteiger charge is -1.99. The van der Waals surface area contributed by atoms with Crippen molar-refractivity contribution in [1.82, 2.24) is 0 Å². The van der Waals surface area contributed by atoms with Gasteiger partial charge in [-0.25, -0.2) is 4.79 Å². The van der Waals surface area contributed by atoms with Crippen LogP contribution in [0.4, 0.5) is 0 Å². The zero-order chi connectivity index (χ0) is 9.49. The van der Waals surface area contributed by atoms with Gasteiger partial charge in [-0.05, 0) is 0 Å². The number of carboxylic acids is 1. The summed E-state index contributed by atoms with van der Waals surface area (Å²) in [5.74, 6) is -1.46. The van der Waals surface area contributed by atoms with Crippen LogP contribution in [0.15, 0.2) is 0 Å². The van der Waals surface area contributed by atoms with Crippen LogP contribution in [0.2, 0.25) is 0 Å². The van der Waals surface area contributed by atoms with E-state index in [1.54, 1.807) is 0 Å². The number of halogens is 3. The Balaban J connectivity index is 0. The fourth-order valence-electron chi connectivity index (χ4n) is 0. The Morgan fingerprint density at radius 3 is 1.64 bits per heavy atom. The Morgan fingerprint density at radius 2 is 1.64 bits per heavy atom. The van der Waals surface area contributed by atoms with Gasteiger partial charge in [-0.15, -0.1) is 0 Å². The number of aliphatic hydroxyl groups is 1. The molecule has 0 rings (SSSR count). The van der Waals surface area contributed by atoms with E-state index in [1.165, 1.54) is 0 Å². The number of hydrogen-bond donors (Lipinski definition) is 3. The number of carbonyl (C=O) groups is 1. The van der Waals surface area contributed by atoms with E-state index in [4.69, 9.17) is 50.7 Å². The minimum Gasteiger partial charge on any atom is -0.478 e. The molecule has 0 bridgehead atoms. The Bertz CT molecular complexity index is 112. The maximum Gasteiger partial charge on any atom is 0.356 e. The molecule has 4 nitrogen and oxygen atoms in total. The van der Waals surface area contributed by atoms with Crippen molar-refractivity contribution in [2.45, 2.75) is 3.79 Å². The summed E-state index contributed by atoms with van der Waals surface area (Å²) in [6, 6.07) is 0. The second kappa shape index (κ2) is 6.94. The van der Waals surface area contributed by atoms with Gasteiger partial charge < -0.3 is 15.9 Å². The quantitative estimate of drug-likeness (QED) is 0.562. The van der Waals surface area contributed by atoms with Crippen LogP contribution in [0.25, 0.3) is 0 Å². The van der Waals surface area contributed by atoms with E-state index in [-0.39, 0.29) is 6.61 Å². The van der Waals surface area contributed by atoms with Crippen molar-refractivity contribution in [3.05, 3.63) is 0 Å². The predicted octanol–water partition coefficient (Wildman–Crippen LogP) is 0.379. The smallest absolute Gasteiger partial charge is 0.356 e. The van der Waals surface area contributed by atoms with E-state index in [0.717, 1.165) is 0 Å². The van der Waals surface area contributed by atoms with Gasteiger partial charge in [0.2, 0.25) is 0 Å². The molecule has 0 aromatic rings. The van der Waals surface area contributed by atoms with Gasteiger partial charge >= 0.3 is 5.97 Å². The molecular formula is C4H8Cl3NO3. The number of alkyl halides is 3. The highest BCUT2D eigenvalue weighted by molar-refractivity contribution is 6.75. The first-order valence-corrected chi connectivity index (χ1v) is 3.60. The van der Waals surface area contributed by atoms with Crippen LogP contribution in [0.3, 0.4) is 0 Å². The van der Waals surface area contributed by atoms with Gasteiger partial charge in [0, 0.05) is 6.54 Å². The Labute approximate surface area is 78.8 Å². The molecule has 0 aliphatic heterocycles. The van der Waals surface area contributed by atoms with Crippen LogP contribution in [0.1, 0.15) is 0 Å². The molecule has 0 radical (unpaired) electrons. The summed E-state index contributed by atoms with van der Waals surface area (Å²) in [4.78, 5) is 9.62. The molecule has 0 unspecified atom stereocenters. The van der Waals surface area contributed by atoms with Crippen molar-refractivity contribution in [3.63, 3.8) is 0 Å². The summed E-state index contributed by atoms with van der Waals surface area (Å²) in [5, 5.41) is 15.6. The van der Waals surface area contributed by atoms with Gasteiger partial charge in [-0.1, -0.05) is 34.8 Å². The molecule has 0 amide bonds. The van der Waals surface area contributed by atoms with Gasteiger partial charge in [0.05, 0.1) is 6.61 Å². The Kier molecular flexibility index (Phi) is 8.72. The van der Waals surface area contributed by atoms with Crippen molar-refractivity contribution >= 4 is 40.8 Å². The van der Waals surface area contributed by atoms with E-state index < -0.39 is 9.76 Å². The van der Waals surface area contributed by atoms with Gasteiger partial charge in [0.15, 0.2) is 0 Å². The topological polar surface area (TPSA) is 83.5 Å². The second-order valence-electron chi connectivity index (χ2n) is 1.32. The lowest BCUT2D eigenvalue weighted by Crippen LogP contribution is -2.16. The SMILES string of the molecule is NCCO.O=C(O)C(Cl)(Cl)Cl. The summed E-state index contributed by atoms with van der Waals surface area (Å²) < 4.78 is -2.17. The summed E-state index contributed by atoms with van der Waals surface area (Å²) >= 11 is 14.4. The molecule has 11 heavy (non-hydrogen) atoms. The van der Waals surface area contributed by atoms with Crippen LogP contribution in [-0.4, -0.2) is 33.1 Å². The molecule has 0 spiro atoms. The van der Waals surface area contributed by atoms with Crippen LogP contribution < -0.4 is 5.73 Å². The maximum atomic E-state index is 9.62. The lowest BCUT2D eigenvalue weighted by molar-refractivity contribution is -0.135. The van der Waals surface area contributed by atoms with Crippen LogP contribution in [0.5, 0.6) is 0 Å². The molecule has 0 aromatic carbocycles. The third-order valence-corrected chi connectivity index (χ3v) is 0.857. The molecule has 0 atom stereocenters. The average Bonchev–Trinajstić information content (AvgIpc) is 1.87. The van der Waals surface area contributed by atoms with E-state index >= 15 is 0 Å². The van der Waals surface area contributed by atoms with E-state index in [2.05, 4.69) is 0 Å². The zero-order valence-corrected chi connectivity index (χ0v) is 7.70. The fourth-order valence-corrected chi connectivity index (χ4v) is 0. The first-order chi connectivity index (χ1) is 4.86. The summed E-state index contributed by atoms with van der Waals surface area (Å²) in [6.07, 6.45) is 0. The molecule has 0 aliphatic carbocycles. The highest BCUT2D eigenvalue weighted by Crippen LogP contribution is 2.25. The molecule has 0 saturated carbocycles. The van der Waals surface area contributed by atoms with E-state index in [0.29, 0.717) is 6.54 Å². The Morgan fingerprint density at radius 1 is 1.45 bits per heavy atom. The third-order valence-electron chi connectivity index (χ3n) is 0.372. The van der Waals surface area contributed by atoms with Crippen molar-refractivity contribution in [2.24, 2.45) is 5.73 Å². The van der Waals surface area contributed by atoms with Gasteiger partial charge in [-0.3, -0.25) is 0 Å². The lowest BCUT2D eigenvalue weighted by atomic mass is 10.8. The molecule has 7 heteroatoms. The predicted molar refractivity (Wildman–Crippen MR) is 44.1 cm³/mol. The monoisotopic (exact) mass is 223 g/mol. The normalized spacial score (nSPS) is 9.91. The number of carboxylic acid groups (broad SMARTS) is 1. The van der Waals surface area contributed by atoms with Gasteiger partial charge in [0.25, 0.3) is 3.79 Å². The average molecular weight is 224 g/mol. The number of hydrogen-bond acceptors (Lipinski definition) is 3. The van der Waals surface area contributed by atoms with Gasteiger partial charge in [0.1, 0.15) is 0 Å². The second-order valence-corrected chi connectivity index (χ2v) is 3.60. The van der Waals surface area contributed by atoms with E-state index in [9.17, 15) is 4.79 Å². The largest absolute Gasteiger partial charge is 0.478 e. The first-order valence-electron chi connectivity index (χ1n) is 2.47. The highest BCUT2D eigenvalue weighted by Gasteiger charge is 2.29. The molecular weight excluding hydrogens is 216 g/mol. The summed E-state index contributed by atoms with van der Waals surface area (Å²) in [6.45, 7) is 0.472. The highest BCUT2D eigenvalue weighted by atomic mass is 35.6. The number of aliphatic carboxylic acids is 1. The van der Waals surface area contributed by atoms with Crippen LogP contribution >= 0.6 is 34.8 Å². The first kappa shape index (κ1) is 13.8. The minimum atomic E-state index is -2.17. The number of rotatable bonds is 1. The van der Waals surface area contributed by atoms with Crippen molar-refractivity contribution in [2.75, 3.05) is 13.2 Å². The Hall–Kier alpha value is 0.260. The third kappa shape index (κ3) is 13.3. The number of nitrogens with two attached hydrogens (primary N) is 1. The molecule has 68 valence electrons. The summed E-state index contributed by atoms with van der Waals surface area (Å²) in [7, 11) is 0. The molecule has 0 fully saturated rings. The zero-order valence-electron chi connectivity index (χ0n) is 5.43. The van der Waals surface area contributed by atoms with Crippen molar-refractivity contribution < 1.29 is 15.0 Å². The fraction of sp³-hybridized carbons (Fsp3) is 0.750. The van der Waals surface area contributed by atoms with Gasteiger partial charge in [-0.2, -0.15) is 0 Å². The molecule has 0 saturated heterocycles. The van der Waals surface area contributed by atoms with Crippen molar-refractivity contribution in [3.8, 4) is 0 Å². The molecule has 0 aliphatic rings. The molecule has 4 N–H and O–H groups in total.